The number of hydrogen-bond donors (Lipinski definition) is 2. The summed E-state index contributed by atoms with van der Waals surface area (Å²) >= 11 is 0. The Hall–Kier alpha value is -2.33. The largest absolute Gasteiger partial charge is 0.444 e. The minimum atomic E-state index is -0.533. The molecule has 0 unspecified atom stereocenters. The van der Waals surface area contributed by atoms with Crippen molar-refractivity contribution in [1.82, 2.24) is 0 Å². The third-order valence-corrected chi connectivity index (χ3v) is 2.89. The highest BCUT2D eigenvalue weighted by molar-refractivity contribution is 5.85. The van der Waals surface area contributed by atoms with Crippen molar-refractivity contribution in [3.05, 3.63) is 65.2 Å². The second-order valence-corrected chi connectivity index (χ2v) is 4.51. The third-order valence-electron chi connectivity index (χ3n) is 2.89. The predicted molar refractivity (Wildman–Crippen MR) is 77.4 cm³/mol. The Kier molecular flexibility index (Phi) is 4.74. The maximum atomic E-state index is 11.8. The number of ether oxygens (including phenoxy) is 1. The molecule has 2 aromatic carbocycles. The lowest BCUT2D eigenvalue weighted by atomic mass is 10.1. The Bertz CT molecular complexity index is 582. The molecule has 20 heavy (non-hydrogen) atoms. The minimum Gasteiger partial charge on any atom is -0.444 e. The van der Waals surface area contributed by atoms with Crippen molar-refractivity contribution >= 4 is 11.8 Å². The normalized spacial score (nSPS) is 10.1. The number of anilines is 1. The van der Waals surface area contributed by atoms with Crippen LogP contribution in [0.1, 0.15) is 16.7 Å². The maximum absolute atomic E-state index is 11.8. The summed E-state index contributed by atoms with van der Waals surface area (Å²) in [4.78, 5) is 11.8. The van der Waals surface area contributed by atoms with Gasteiger partial charge in [-0.05, 0) is 24.1 Å². The number of benzene rings is 2. The smallest absolute Gasteiger partial charge is 0.411 e. The molecule has 0 saturated carbocycles. The van der Waals surface area contributed by atoms with Gasteiger partial charge in [0, 0.05) is 11.3 Å². The first-order valence-electron chi connectivity index (χ1n) is 6.37. The molecule has 0 spiro atoms. The zero-order valence-electron chi connectivity index (χ0n) is 11.3. The summed E-state index contributed by atoms with van der Waals surface area (Å²) in [7, 11) is 0. The second-order valence-electron chi connectivity index (χ2n) is 4.51. The predicted octanol–water partition coefficient (Wildman–Crippen LogP) is 3.24. The minimum absolute atomic E-state index is 0.130. The summed E-state index contributed by atoms with van der Waals surface area (Å²) in [5.74, 6) is 0. The Morgan fingerprint density at radius 3 is 2.65 bits per heavy atom. The molecule has 0 bridgehead atoms. The highest BCUT2D eigenvalue weighted by atomic mass is 16.5. The molecular weight excluding hydrogens is 254 g/mol. The van der Waals surface area contributed by atoms with Crippen LogP contribution in [0.3, 0.4) is 0 Å². The number of amides is 1. The van der Waals surface area contributed by atoms with Crippen molar-refractivity contribution < 1.29 is 14.6 Å². The van der Waals surface area contributed by atoms with Gasteiger partial charge in [-0.2, -0.15) is 0 Å². The van der Waals surface area contributed by atoms with Crippen molar-refractivity contribution in [3.63, 3.8) is 0 Å². The van der Waals surface area contributed by atoms with E-state index in [0.29, 0.717) is 11.3 Å². The van der Waals surface area contributed by atoms with Gasteiger partial charge in [0.2, 0.25) is 0 Å². The molecule has 0 fully saturated rings. The molecule has 0 aliphatic heterocycles. The monoisotopic (exact) mass is 271 g/mol. The molecule has 104 valence electrons. The van der Waals surface area contributed by atoms with Gasteiger partial charge in [-0.15, -0.1) is 0 Å². The van der Waals surface area contributed by atoms with Crippen LogP contribution in [0.4, 0.5) is 10.5 Å². The van der Waals surface area contributed by atoms with Crippen LogP contribution in [0.25, 0.3) is 0 Å². The average Bonchev–Trinajstić information content (AvgIpc) is 2.46. The van der Waals surface area contributed by atoms with Crippen LogP contribution in [0.5, 0.6) is 0 Å². The van der Waals surface area contributed by atoms with E-state index in [2.05, 4.69) is 5.32 Å². The number of carbonyl (C=O) groups excluding carboxylic acids is 1. The molecule has 1 amide bonds. The van der Waals surface area contributed by atoms with E-state index in [1.807, 2.05) is 43.3 Å². The van der Waals surface area contributed by atoms with Crippen LogP contribution in [0, 0.1) is 6.92 Å². The fraction of sp³-hybridized carbons (Fsp3) is 0.188. The van der Waals surface area contributed by atoms with Gasteiger partial charge in [0.15, 0.2) is 0 Å². The summed E-state index contributed by atoms with van der Waals surface area (Å²) in [6.07, 6.45) is -0.533. The maximum Gasteiger partial charge on any atom is 0.411 e. The zero-order chi connectivity index (χ0) is 14.4. The lowest BCUT2D eigenvalue weighted by molar-refractivity contribution is 0.155. The Labute approximate surface area is 118 Å². The zero-order valence-corrected chi connectivity index (χ0v) is 11.3. The lowest BCUT2D eigenvalue weighted by Gasteiger charge is -2.11. The molecule has 0 atom stereocenters. The summed E-state index contributed by atoms with van der Waals surface area (Å²) in [6, 6.07) is 14.9. The third kappa shape index (κ3) is 3.83. The van der Waals surface area contributed by atoms with Crippen molar-refractivity contribution in [2.45, 2.75) is 20.1 Å². The number of hydrogen-bond acceptors (Lipinski definition) is 3. The summed E-state index contributed by atoms with van der Waals surface area (Å²) in [5, 5.41) is 11.9. The highest BCUT2D eigenvalue weighted by Gasteiger charge is 2.07. The standard InChI is InChI=1S/C16H17NO3/c1-12-7-8-14(10-18)15(9-12)17-16(19)20-11-13-5-3-2-4-6-13/h2-9,18H,10-11H2,1H3,(H,17,19). The van der Waals surface area contributed by atoms with E-state index >= 15 is 0 Å². The van der Waals surface area contributed by atoms with Crippen LogP contribution in [-0.2, 0) is 18.0 Å². The SMILES string of the molecule is Cc1ccc(CO)c(NC(=O)OCc2ccccc2)c1. The molecule has 4 nitrogen and oxygen atoms in total. The molecule has 0 aliphatic rings. The van der Waals surface area contributed by atoms with Crippen molar-refractivity contribution in [3.8, 4) is 0 Å². The molecule has 0 aromatic heterocycles. The average molecular weight is 271 g/mol. The van der Waals surface area contributed by atoms with Gasteiger partial charge in [-0.1, -0.05) is 42.5 Å². The number of rotatable bonds is 4. The summed E-state index contributed by atoms with van der Waals surface area (Å²) in [6.45, 7) is 2.00. The van der Waals surface area contributed by atoms with Crippen molar-refractivity contribution in [1.29, 1.82) is 0 Å². The Morgan fingerprint density at radius 2 is 1.95 bits per heavy atom. The highest BCUT2D eigenvalue weighted by Crippen LogP contribution is 2.18. The van der Waals surface area contributed by atoms with Crippen LogP contribution in [0.15, 0.2) is 48.5 Å². The fourth-order valence-corrected chi connectivity index (χ4v) is 1.81. The van der Waals surface area contributed by atoms with Crippen LogP contribution in [-0.4, -0.2) is 11.2 Å². The van der Waals surface area contributed by atoms with Gasteiger partial charge in [0.25, 0.3) is 0 Å². The first kappa shape index (κ1) is 14.1. The van der Waals surface area contributed by atoms with Crippen LogP contribution < -0.4 is 5.32 Å². The first-order chi connectivity index (χ1) is 9.69. The Morgan fingerprint density at radius 1 is 1.20 bits per heavy atom. The molecule has 0 aliphatic carbocycles. The quantitative estimate of drug-likeness (QED) is 0.897. The second kappa shape index (κ2) is 6.73. The fourth-order valence-electron chi connectivity index (χ4n) is 1.81. The van der Waals surface area contributed by atoms with Gasteiger partial charge in [-0.25, -0.2) is 4.79 Å². The Balaban J connectivity index is 1.96. The topological polar surface area (TPSA) is 58.6 Å². The first-order valence-corrected chi connectivity index (χ1v) is 6.37. The van der Waals surface area contributed by atoms with Gasteiger partial charge in [-0.3, -0.25) is 5.32 Å². The van der Waals surface area contributed by atoms with Crippen molar-refractivity contribution in [2.24, 2.45) is 0 Å². The molecule has 0 heterocycles. The molecular formula is C16H17NO3. The van der Waals surface area contributed by atoms with E-state index in [0.717, 1.165) is 11.1 Å². The van der Waals surface area contributed by atoms with E-state index in [1.165, 1.54) is 0 Å². The van der Waals surface area contributed by atoms with Gasteiger partial charge >= 0.3 is 6.09 Å². The van der Waals surface area contributed by atoms with Crippen LogP contribution in [0.2, 0.25) is 0 Å². The number of carbonyl (C=O) groups is 1. The number of nitrogens with one attached hydrogen (secondary N) is 1. The van der Waals surface area contributed by atoms with E-state index < -0.39 is 6.09 Å². The molecule has 2 N–H and O–H groups in total. The van der Waals surface area contributed by atoms with Crippen LogP contribution >= 0.6 is 0 Å². The number of aliphatic hydroxyl groups excluding tert-OH is 1. The van der Waals surface area contributed by atoms with E-state index in [4.69, 9.17) is 4.74 Å². The summed E-state index contributed by atoms with van der Waals surface area (Å²) < 4.78 is 5.14. The van der Waals surface area contributed by atoms with Gasteiger partial charge < -0.3 is 9.84 Å². The molecule has 2 aromatic rings. The summed E-state index contributed by atoms with van der Waals surface area (Å²) in [5.41, 5.74) is 3.16. The van der Waals surface area contributed by atoms with E-state index in [1.54, 1.807) is 12.1 Å². The molecule has 4 heteroatoms. The number of aliphatic hydroxyl groups is 1. The molecule has 0 radical (unpaired) electrons. The van der Waals surface area contributed by atoms with Gasteiger partial charge in [0.1, 0.15) is 6.61 Å². The van der Waals surface area contributed by atoms with E-state index in [9.17, 15) is 9.90 Å². The molecule has 0 saturated heterocycles. The van der Waals surface area contributed by atoms with E-state index in [-0.39, 0.29) is 13.2 Å². The number of aryl methyl sites for hydroxylation is 1. The molecule has 2 rings (SSSR count). The lowest BCUT2D eigenvalue weighted by Crippen LogP contribution is -2.15. The van der Waals surface area contributed by atoms with Gasteiger partial charge in [0.05, 0.1) is 6.61 Å². The van der Waals surface area contributed by atoms with Crippen molar-refractivity contribution in [2.75, 3.05) is 5.32 Å².